The van der Waals surface area contributed by atoms with Gasteiger partial charge in [-0.25, -0.2) is 4.68 Å². The lowest BCUT2D eigenvalue weighted by molar-refractivity contribution is 0.0932. The van der Waals surface area contributed by atoms with Gasteiger partial charge in [-0.05, 0) is 37.5 Å². The third kappa shape index (κ3) is 2.62. The number of nitrogens with zero attached hydrogens (tertiary/aromatic N) is 2. The Morgan fingerprint density at radius 1 is 1.28 bits per heavy atom. The van der Waals surface area contributed by atoms with Crippen molar-refractivity contribution in [1.29, 1.82) is 0 Å². The number of nitrogens with two attached hydrogens (primary N) is 1. The largest absolute Gasteiger partial charge is 0.473 e. The molecule has 1 saturated carbocycles. The summed E-state index contributed by atoms with van der Waals surface area (Å²) in [7, 11) is 1.90. The van der Waals surface area contributed by atoms with E-state index in [4.69, 9.17) is 10.5 Å². The van der Waals surface area contributed by atoms with Crippen LogP contribution in [0.5, 0.6) is 5.88 Å². The van der Waals surface area contributed by atoms with E-state index in [0.29, 0.717) is 5.69 Å². The van der Waals surface area contributed by atoms with Crippen molar-refractivity contribution in [2.24, 2.45) is 18.9 Å². The molecule has 2 atom stereocenters. The maximum absolute atomic E-state index is 6.12. The minimum atomic E-state index is 0.283. The normalized spacial score (nSPS) is 28.3. The third-order valence-corrected chi connectivity index (χ3v) is 3.85. The number of nitrogen functional groups attached to an aromatic ring is 1. The molecule has 2 rings (SSSR count). The predicted octanol–water partition coefficient (Wildman–Crippen LogP) is 2.77. The van der Waals surface area contributed by atoms with Gasteiger partial charge in [0.2, 0.25) is 5.88 Å². The van der Waals surface area contributed by atoms with Crippen LogP contribution in [-0.2, 0) is 13.5 Å². The topological polar surface area (TPSA) is 53.1 Å². The number of aromatic nitrogens is 2. The molecule has 0 amide bonds. The van der Waals surface area contributed by atoms with Crippen LogP contribution in [-0.4, -0.2) is 15.9 Å². The first kappa shape index (κ1) is 13.2. The van der Waals surface area contributed by atoms with E-state index in [-0.39, 0.29) is 6.10 Å². The smallest absolute Gasteiger partial charge is 0.236 e. The van der Waals surface area contributed by atoms with Crippen LogP contribution in [0.15, 0.2) is 0 Å². The molecule has 2 unspecified atom stereocenters. The highest BCUT2D eigenvalue weighted by Crippen LogP contribution is 2.33. The highest BCUT2D eigenvalue weighted by molar-refractivity contribution is 5.53. The second-order valence-electron chi connectivity index (χ2n) is 5.80. The highest BCUT2D eigenvalue weighted by atomic mass is 16.5. The summed E-state index contributed by atoms with van der Waals surface area (Å²) >= 11 is 0. The Bertz CT molecular complexity index is 403. The lowest BCUT2D eigenvalue weighted by atomic mass is 9.82. The average Bonchev–Trinajstić information content (AvgIpc) is 2.55. The maximum Gasteiger partial charge on any atom is 0.236 e. The quantitative estimate of drug-likeness (QED) is 0.898. The molecule has 1 aliphatic carbocycles. The number of rotatable bonds is 3. The predicted molar refractivity (Wildman–Crippen MR) is 73.6 cm³/mol. The van der Waals surface area contributed by atoms with Crippen LogP contribution in [0.25, 0.3) is 0 Å². The fourth-order valence-electron chi connectivity index (χ4n) is 3.11. The van der Waals surface area contributed by atoms with Crippen molar-refractivity contribution in [2.75, 3.05) is 5.73 Å². The van der Waals surface area contributed by atoms with Crippen LogP contribution in [0, 0.1) is 11.8 Å². The van der Waals surface area contributed by atoms with Crippen molar-refractivity contribution < 1.29 is 4.74 Å². The molecule has 18 heavy (non-hydrogen) atoms. The monoisotopic (exact) mass is 251 g/mol. The van der Waals surface area contributed by atoms with Gasteiger partial charge in [-0.15, -0.1) is 0 Å². The minimum Gasteiger partial charge on any atom is -0.473 e. The number of hydrogen-bond donors (Lipinski definition) is 1. The highest BCUT2D eigenvalue weighted by Gasteiger charge is 2.27. The van der Waals surface area contributed by atoms with Gasteiger partial charge in [0.1, 0.15) is 11.8 Å². The van der Waals surface area contributed by atoms with Crippen molar-refractivity contribution >= 4 is 5.69 Å². The molecule has 0 saturated heterocycles. The number of hydrogen-bond acceptors (Lipinski definition) is 3. The Balaban J connectivity index is 2.11. The van der Waals surface area contributed by atoms with E-state index >= 15 is 0 Å². The van der Waals surface area contributed by atoms with Gasteiger partial charge in [-0.2, -0.15) is 5.10 Å². The number of anilines is 1. The molecule has 1 heterocycles. The van der Waals surface area contributed by atoms with Crippen molar-refractivity contribution in [3.8, 4) is 5.88 Å². The third-order valence-electron chi connectivity index (χ3n) is 3.85. The van der Waals surface area contributed by atoms with Crippen molar-refractivity contribution in [3.05, 3.63) is 5.69 Å². The molecule has 4 heteroatoms. The molecule has 1 aromatic heterocycles. The standard InChI is InChI=1S/C14H25N3O/c1-5-12-13(15)14(17(4)16-12)18-11-7-9(2)6-10(3)8-11/h9-11H,5-8,15H2,1-4H3. The molecule has 1 aromatic rings. The van der Waals surface area contributed by atoms with E-state index < -0.39 is 0 Å². The van der Waals surface area contributed by atoms with Gasteiger partial charge in [-0.1, -0.05) is 20.8 Å². The molecular weight excluding hydrogens is 226 g/mol. The molecule has 102 valence electrons. The van der Waals surface area contributed by atoms with Crippen LogP contribution >= 0.6 is 0 Å². The first-order valence-electron chi connectivity index (χ1n) is 6.99. The summed E-state index contributed by atoms with van der Waals surface area (Å²) < 4.78 is 7.89. The van der Waals surface area contributed by atoms with E-state index in [9.17, 15) is 0 Å². The summed E-state index contributed by atoms with van der Waals surface area (Å²) in [4.78, 5) is 0. The average molecular weight is 251 g/mol. The second-order valence-corrected chi connectivity index (χ2v) is 5.80. The van der Waals surface area contributed by atoms with E-state index in [1.165, 1.54) is 6.42 Å². The van der Waals surface area contributed by atoms with Crippen LogP contribution in [0.4, 0.5) is 5.69 Å². The van der Waals surface area contributed by atoms with Gasteiger partial charge in [0.15, 0.2) is 0 Å². The summed E-state index contributed by atoms with van der Waals surface area (Å²) in [6.07, 6.45) is 4.68. The van der Waals surface area contributed by atoms with E-state index in [0.717, 1.165) is 42.7 Å². The molecule has 0 spiro atoms. The van der Waals surface area contributed by atoms with Gasteiger partial charge in [0.25, 0.3) is 0 Å². The van der Waals surface area contributed by atoms with Crippen molar-refractivity contribution in [3.63, 3.8) is 0 Å². The van der Waals surface area contributed by atoms with Gasteiger partial charge in [-0.3, -0.25) is 0 Å². The molecule has 1 aliphatic rings. The van der Waals surface area contributed by atoms with Gasteiger partial charge in [0, 0.05) is 7.05 Å². The molecule has 0 radical (unpaired) electrons. The van der Waals surface area contributed by atoms with Crippen LogP contribution < -0.4 is 10.5 Å². The van der Waals surface area contributed by atoms with Crippen molar-refractivity contribution in [1.82, 2.24) is 9.78 Å². The minimum absolute atomic E-state index is 0.283. The Hall–Kier alpha value is -1.19. The number of aryl methyl sites for hydroxylation is 2. The number of ether oxygens (including phenoxy) is 1. The zero-order valence-electron chi connectivity index (χ0n) is 11.9. The van der Waals surface area contributed by atoms with E-state index in [2.05, 4.69) is 25.9 Å². The SMILES string of the molecule is CCc1nn(C)c(OC2CC(C)CC(C)C2)c1N. The molecule has 4 nitrogen and oxygen atoms in total. The molecule has 0 aromatic carbocycles. The fourth-order valence-corrected chi connectivity index (χ4v) is 3.11. The van der Waals surface area contributed by atoms with E-state index in [1.807, 2.05) is 7.05 Å². The molecule has 1 fully saturated rings. The maximum atomic E-state index is 6.12. The first-order valence-corrected chi connectivity index (χ1v) is 6.99. The first-order chi connectivity index (χ1) is 8.51. The summed E-state index contributed by atoms with van der Waals surface area (Å²) in [5, 5.41) is 4.40. The van der Waals surface area contributed by atoms with Gasteiger partial charge >= 0.3 is 0 Å². The lowest BCUT2D eigenvalue weighted by Gasteiger charge is -2.31. The Morgan fingerprint density at radius 2 is 1.89 bits per heavy atom. The molecular formula is C14H25N3O. The Labute approximate surface area is 110 Å². The Kier molecular flexibility index (Phi) is 3.83. The molecule has 0 bridgehead atoms. The van der Waals surface area contributed by atoms with Crippen LogP contribution in [0.3, 0.4) is 0 Å². The van der Waals surface area contributed by atoms with Gasteiger partial charge < -0.3 is 10.5 Å². The van der Waals surface area contributed by atoms with Gasteiger partial charge in [0.05, 0.1) is 5.69 Å². The summed E-state index contributed by atoms with van der Waals surface area (Å²) in [5.74, 6) is 2.22. The fraction of sp³-hybridized carbons (Fsp3) is 0.786. The lowest BCUT2D eigenvalue weighted by Crippen LogP contribution is -2.29. The summed E-state index contributed by atoms with van der Waals surface area (Å²) in [6, 6.07) is 0. The van der Waals surface area contributed by atoms with E-state index in [1.54, 1.807) is 4.68 Å². The van der Waals surface area contributed by atoms with Crippen LogP contribution in [0.2, 0.25) is 0 Å². The Morgan fingerprint density at radius 3 is 2.39 bits per heavy atom. The second kappa shape index (κ2) is 5.21. The summed E-state index contributed by atoms with van der Waals surface area (Å²) in [6.45, 7) is 6.67. The van der Waals surface area contributed by atoms with Crippen LogP contribution in [0.1, 0.15) is 45.7 Å². The van der Waals surface area contributed by atoms with Crippen molar-refractivity contribution in [2.45, 2.75) is 52.6 Å². The molecule has 2 N–H and O–H groups in total. The zero-order valence-corrected chi connectivity index (χ0v) is 11.9. The zero-order chi connectivity index (χ0) is 13.3. The summed E-state index contributed by atoms with van der Waals surface area (Å²) in [5.41, 5.74) is 7.74. The molecule has 0 aliphatic heterocycles.